The van der Waals surface area contributed by atoms with Gasteiger partial charge in [0.05, 0.1) is 6.04 Å². The summed E-state index contributed by atoms with van der Waals surface area (Å²) >= 11 is 7.17. The van der Waals surface area contributed by atoms with E-state index in [2.05, 4.69) is 20.8 Å². The number of nitrogens with one attached hydrogen (secondary N) is 2. The van der Waals surface area contributed by atoms with Crippen LogP contribution in [0.5, 0.6) is 0 Å². The number of benzene rings is 2. The van der Waals surface area contributed by atoms with Gasteiger partial charge in [-0.3, -0.25) is 4.79 Å². The van der Waals surface area contributed by atoms with E-state index in [-0.39, 0.29) is 23.0 Å². The first kappa shape index (κ1) is 21.3. The molecule has 31 heavy (non-hydrogen) atoms. The zero-order valence-corrected chi connectivity index (χ0v) is 18.5. The number of hydrogen-bond donors (Lipinski definition) is 2. The fourth-order valence-electron chi connectivity index (χ4n) is 3.46. The summed E-state index contributed by atoms with van der Waals surface area (Å²) in [5, 5.41) is 15.4. The summed E-state index contributed by atoms with van der Waals surface area (Å²) < 4.78 is 0. The third-order valence-electron chi connectivity index (χ3n) is 5.08. The first-order valence-corrected chi connectivity index (χ1v) is 11.2. The molecule has 1 aliphatic rings. The second-order valence-corrected chi connectivity index (χ2v) is 8.85. The largest absolute Gasteiger partial charge is 0.334 e. The molecule has 0 aliphatic carbocycles. The number of carbonyl (C=O) groups is 2. The number of urea groups is 1. The molecule has 0 unspecified atom stereocenters. The minimum absolute atomic E-state index is 0.136. The minimum Gasteiger partial charge on any atom is -0.334 e. The first-order valence-electron chi connectivity index (χ1n) is 10.00. The molecule has 9 heteroatoms. The van der Waals surface area contributed by atoms with Crippen molar-refractivity contribution < 1.29 is 9.59 Å². The van der Waals surface area contributed by atoms with Gasteiger partial charge in [-0.05, 0) is 43.5 Å². The molecule has 160 valence electrons. The molecule has 2 N–H and O–H groups in total. The van der Waals surface area contributed by atoms with E-state index in [4.69, 9.17) is 11.6 Å². The Morgan fingerprint density at radius 3 is 2.77 bits per heavy atom. The molecule has 0 bridgehead atoms. The van der Waals surface area contributed by atoms with Gasteiger partial charge in [-0.15, -0.1) is 10.2 Å². The lowest BCUT2D eigenvalue weighted by atomic mass is 10.1. The molecule has 2 aromatic carbocycles. The van der Waals surface area contributed by atoms with Crippen LogP contribution in [0.15, 0.2) is 48.5 Å². The number of likely N-dealkylation sites (tertiary alicyclic amines) is 1. The van der Waals surface area contributed by atoms with E-state index in [1.807, 2.05) is 31.2 Å². The molecule has 1 aromatic heterocycles. The van der Waals surface area contributed by atoms with Crippen LogP contribution in [-0.4, -0.2) is 33.6 Å². The summed E-state index contributed by atoms with van der Waals surface area (Å²) in [7, 11) is 0. The Bertz CT molecular complexity index is 1090. The van der Waals surface area contributed by atoms with E-state index in [0.717, 1.165) is 18.4 Å². The second kappa shape index (κ2) is 9.45. The molecule has 0 spiro atoms. The number of nitrogens with zero attached hydrogens (tertiary/aromatic N) is 3. The summed E-state index contributed by atoms with van der Waals surface area (Å²) in [6.45, 7) is 3.14. The highest BCUT2D eigenvalue weighted by atomic mass is 35.5. The van der Waals surface area contributed by atoms with Crippen molar-refractivity contribution in [2.45, 2.75) is 32.4 Å². The molecule has 1 fully saturated rings. The van der Waals surface area contributed by atoms with E-state index in [1.54, 1.807) is 29.2 Å². The molecule has 3 aromatic rings. The first-order chi connectivity index (χ1) is 15.0. The average molecular weight is 456 g/mol. The molecular weight excluding hydrogens is 434 g/mol. The van der Waals surface area contributed by atoms with Crippen molar-refractivity contribution >= 4 is 40.6 Å². The average Bonchev–Trinajstić information content (AvgIpc) is 3.43. The standard InChI is InChI=1S/C22H22ClN5O2S/c1-14-7-9-15(10-8-14)13-24-22(30)28-11-3-6-18(28)20-26-27-21(31-20)19(29)25-17-5-2-4-16(23)12-17/h2,4-5,7-10,12,18H,3,6,11,13H2,1H3,(H,24,30)(H,25,29)/t18-/m0/s1. The molecule has 0 saturated carbocycles. The normalized spacial score (nSPS) is 15.7. The maximum Gasteiger partial charge on any atom is 0.318 e. The van der Waals surface area contributed by atoms with Crippen molar-refractivity contribution in [2.75, 3.05) is 11.9 Å². The fourth-order valence-corrected chi connectivity index (χ4v) is 4.54. The van der Waals surface area contributed by atoms with Gasteiger partial charge in [0.25, 0.3) is 5.91 Å². The van der Waals surface area contributed by atoms with Gasteiger partial charge in [0.1, 0.15) is 5.01 Å². The van der Waals surface area contributed by atoms with Crippen LogP contribution in [0.2, 0.25) is 5.02 Å². The van der Waals surface area contributed by atoms with Crippen molar-refractivity contribution in [1.29, 1.82) is 0 Å². The highest BCUT2D eigenvalue weighted by molar-refractivity contribution is 7.13. The van der Waals surface area contributed by atoms with Gasteiger partial charge >= 0.3 is 6.03 Å². The molecule has 2 heterocycles. The van der Waals surface area contributed by atoms with Crippen LogP contribution in [-0.2, 0) is 6.54 Å². The number of halogens is 1. The Morgan fingerprint density at radius 2 is 2.00 bits per heavy atom. The summed E-state index contributed by atoms with van der Waals surface area (Å²) in [5.74, 6) is -0.348. The van der Waals surface area contributed by atoms with Gasteiger partial charge in [-0.25, -0.2) is 4.79 Å². The molecular formula is C22H22ClN5O2S. The van der Waals surface area contributed by atoms with E-state index in [0.29, 0.717) is 28.8 Å². The number of carbonyl (C=O) groups excluding carboxylic acids is 2. The molecule has 1 aliphatic heterocycles. The maximum atomic E-state index is 12.8. The predicted molar refractivity (Wildman–Crippen MR) is 121 cm³/mol. The number of aryl methyl sites for hydroxylation is 1. The summed E-state index contributed by atoms with van der Waals surface area (Å²) in [5.41, 5.74) is 2.82. The molecule has 4 rings (SSSR count). The molecule has 7 nitrogen and oxygen atoms in total. The fraction of sp³-hybridized carbons (Fsp3) is 0.273. The van der Waals surface area contributed by atoms with Crippen LogP contribution >= 0.6 is 22.9 Å². The van der Waals surface area contributed by atoms with Crippen molar-refractivity contribution in [3.05, 3.63) is 74.7 Å². The van der Waals surface area contributed by atoms with Crippen LogP contribution in [0, 0.1) is 6.92 Å². The van der Waals surface area contributed by atoms with Gasteiger partial charge in [0.2, 0.25) is 5.01 Å². The second-order valence-electron chi connectivity index (χ2n) is 7.41. The van der Waals surface area contributed by atoms with E-state index in [9.17, 15) is 9.59 Å². The lowest BCUT2D eigenvalue weighted by Crippen LogP contribution is -2.39. The summed E-state index contributed by atoms with van der Waals surface area (Å²) in [6.07, 6.45) is 1.68. The van der Waals surface area contributed by atoms with E-state index in [1.165, 1.54) is 16.9 Å². The van der Waals surface area contributed by atoms with Gasteiger partial charge in [-0.1, -0.05) is 58.8 Å². The minimum atomic E-state index is -0.348. The van der Waals surface area contributed by atoms with Crippen molar-refractivity contribution in [3.8, 4) is 0 Å². The smallest absolute Gasteiger partial charge is 0.318 e. The zero-order valence-electron chi connectivity index (χ0n) is 17.0. The number of hydrogen-bond acceptors (Lipinski definition) is 5. The Labute approximate surface area is 189 Å². The van der Waals surface area contributed by atoms with Gasteiger partial charge in [0, 0.05) is 23.8 Å². The van der Waals surface area contributed by atoms with Gasteiger partial charge in [0.15, 0.2) is 0 Å². The molecule has 3 amide bonds. The van der Waals surface area contributed by atoms with Crippen molar-refractivity contribution in [1.82, 2.24) is 20.4 Å². The Kier molecular flexibility index (Phi) is 6.48. The van der Waals surface area contributed by atoms with Crippen LogP contribution in [0.4, 0.5) is 10.5 Å². The van der Waals surface area contributed by atoms with Gasteiger partial charge in [-0.2, -0.15) is 0 Å². The van der Waals surface area contributed by atoms with Crippen LogP contribution < -0.4 is 10.6 Å². The number of aromatic nitrogens is 2. The summed E-state index contributed by atoms with van der Waals surface area (Å²) in [6, 6.07) is 14.7. The van der Waals surface area contributed by atoms with Gasteiger partial charge < -0.3 is 15.5 Å². The SMILES string of the molecule is Cc1ccc(CNC(=O)N2CCC[C@H]2c2nnc(C(=O)Nc3cccc(Cl)c3)s2)cc1. The van der Waals surface area contributed by atoms with Crippen molar-refractivity contribution in [3.63, 3.8) is 0 Å². The lowest BCUT2D eigenvalue weighted by molar-refractivity contribution is 0.102. The van der Waals surface area contributed by atoms with E-state index < -0.39 is 0 Å². The highest BCUT2D eigenvalue weighted by Crippen LogP contribution is 2.33. The number of rotatable bonds is 5. The zero-order chi connectivity index (χ0) is 21.8. The summed E-state index contributed by atoms with van der Waals surface area (Å²) in [4.78, 5) is 27.0. The van der Waals surface area contributed by atoms with Crippen molar-refractivity contribution in [2.24, 2.45) is 0 Å². The third-order valence-corrected chi connectivity index (χ3v) is 6.34. The molecule has 0 radical (unpaired) electrons. The number of anilines is 1. The quantitative estimate of drug-likeness (QED) is 0.578. The third kappa shape index (κ3) is 5.21. The van der Waals surface area contributed by atoms with Crippen LogP contribution in [0.25, 0.3) is 0 Å². The number of amides is 3. The Balaban J connectivity index is 1.39. The molecule has 1 saturated heterocycles. The Hall–Kier alpha value is -2.97. The molecule has 1 atom stereocenters. The van der Waals surface area contributed by atoms with E-state index >= 15 is 0 Å². The Morgan fingerprint density at radius 1 is 1.19 bits per heavy atom. The predicted octanol–water partition coefficient (Wildman–Crippen LogP) is 4.80. The lowest BCUT2D eigenvalue weighted by Gasteiger charge is -2.23. The van der Waals surface area contributed by atoms with Crippen LogP contribution in [0.1, 0.15) is 44.8 Å². The monoisotopic (exact) mass is 455 g/mol. The highest BCUT2D eigenvalue weighted by Gasteiger charge is 2.33. The van der Waals surface area contributed by atoms with Crippen LogP contribution in [0.3, 0.4) is 0 Å². The maximum absolute atomic E-state index is 12.8. The topological polar surface area (TPSA) is 87.2 Å².